The highest BCUT2D eigenvalue weighted by molar-refractivity contribution is 5.19. The summed E-state index contributed by atoms with van der Waals surface area (Å²) in [5, 5.41) is 10.8. The molecule has 218 valence electrons. The molecule has 0 amide bonds. The molecule has 4 aromatic rings. The Hall–Kier alpha value is -3.94. The first kappa shape index (κ1) is 29.5. The van der Waals surface area contributed by atoms with E-state index in [0.29, 0.717) is 32.2 Å². The molecule has 1 aliphatic heterocycles. The van der Waals surface area contributed by atoms with Gasteiger partial charge in [0.1, 0.15) is 24.1 Å². The highest BCUT2D eigenvalue weighted by atomic mass is 16.6. The van der Waals surface area contributed by atoms with Gasteiger partial charge in [0.05, 0.1) is 33.0 Å². The molecule has 4 atom stereocenters. The lowest BCUT2D eigenvalue weighted by Crippen LogP contribution is -2.56. The molecule has 4 aromatic carbocycles. The minimum absolute atomic E-state index is 0.0379. The third-order valence-electron chi connectivity index (χ3n) is 7.12. The molecular formula is C36H38O6. The second kappa shape index (κ2) is 15.3. The van der Waals surface area contributed by atoms with E-state index in [2.05, 4.69) is 0 Å². The van der Waals surface area contributed by atoms with Crippen LogP contribution in [0.15, 0.2) is 133 Å². The Morgan fingerprint density at radius 1 is 0.571 bits per heavy atom. The topological polar surface area (TPSA) is 66.4 Å². The van der Waals surface area contributed by atoms with E-state index >= 15 is 0 Å². The molecular weight excluding hydrogens is 528 g/mol. The van der Waals surface area contributed by atoms with Gasteiger partial charge in [-0.3, -0.25) is 0 Å². The second-order valence-corrected chi connectivity index (χ2v) is 10.3. The first-order valence-electron chi connectivity index (χ1n) is 14.3. The lowest BCUT2D eigenvalue weighted by atomic mass is 9.96. The molecule has 5 rings (SSSR count). The van der Waals surface area contributed by atoms with E-state index in [1.807, 2.05) is 121 Å². The molecule has 1 heterocycles. The summed E-state index contributed by atoms with van der Waals surface area (Å²) in [6.45, 7) is 3.29. The average molecular weight is 567 g/mol. The number of aliphatic hydroxyl groups excluding tert-OH is 1. The zero-order valence-corrected chi connectivity index (χ0v) is 23.9. The van der Waals surface area contributed by atoms with Crippen LogP contribution in [0.4, 0.5) is 0 Å². The molecule has 0 unspecified atom stereocenters. The second-order valence-electron chi connectivity index (χ2n) is 10.3. The molecule has 0 aromatic heterocycles. The Kier molecular flexibility index (Phi) is 10.8. The SMILES string of the molecule is C/C(O)=C1/O[C@H](COCc2ccccc2)[C@@H](OCc2ccccc2)[C@H](OCc2ccccc2)[C@H]1OCc1ccccc1. The van der Waals surface area contributed by atoms with E-state index in [0.717, 1.165) is 22.3 Å². The summed E-state index contributed by atoms with van der Waals surface area (Å²) in [5.74, 6) is 0.368. The maximum absolute atomic E-state index is 10.8. The third-order valence-corrected chi connectivity index (χ3v) is 7.12. The fraction of sp³-hybridized carbons (Fsp3) is 0.278. The Bertz CT molecular complexity index is 1360. The van der Waals surface area contributed by atoms with E-state index in [1.165, 1.54) is 0 Å². The zero-order chi connectivity index (χ0) is 29.0. The standard InChI is InChI=1S/C36H38O6/c1-27(37)33-35(40-24-30-18-10-4-11-19-30)36(41-25-31-20-12-5-13-21-31)34(39-23-29-16-8-3-9-17-29)32(42-33)26-38-22-28-14-6-2-7-15-28/h2-21,32,34-37H,22-26H2,1H3/b33-27-/t32-,34-,35+,36+/m1/s1. The number of ether oxygens (including phenoxy) is 5. The molecule has 0 saturated carbocycles. The summed E-state index contributed by atoms with van der Waals surface area (Å²) in [5.41, 5.74) is 4.12. The van der Waals surface area contributed by atoms with Gasteiger partial charge in [-0.05, 0) is 29.2 Å². The summed E-state index contributed by atoms with van der Waals surface area (Å²) in [4.78, 5) is 0. The van der Waals surface area contributed by atoms with Crippen molar-refractivity contribution in [1.82, 2.24) is 0 Å². The van der Waals surface area contributed by atoms with Gasteiger partial charge in [0, 0.05) is 0 Å². The summed E-state index contributed by atoms with van der Waals surface area (Å²) < 4.78 is 32.2. The van der Waals surface area contributed by atoms with Crippen LogP contribution in [0.3, 0.4) is 0 Å². The van der Waals surface area contributed by atoms with Crippen LogP contribution < -0.4 is 0 Å². The average Bonchev–Trinajstić information content (AvgIpc) is 3.04. The van der Waals surface area contributed by atoms with Gasteiger partial charge in [0.25, 0.3) is 0 Å². The van der Waals surface area contributed by atoms with Crippen LogP contribution in [0.25, 0.3) is 0 Å². The van der Waals surface area contributed by atoms with Crippen molar-refractivity contribution in [3.63, 3.8) is 0 Å². The number of hydrogen-bond donors (Lipinski definition) is 1. The van der Waals surface area contributed by atoms with Gasteiger partial charge in [0.2, 0.25) is 0 Å². The molecule has 1 saturated heterocycles. The number of rotatable bonds is 13. The van der Waals surface area contributed by atoms with Gasteiger partial charge in [-0.15, -0.1) is 0 Å². The molecule has 0 aliphatic carbocycles. The maximum atomic E-state index is 10.8. The van der Waals surface area contributed by atoms with E-state index in [1.54, 1.807) is 6.92 Å². The quantitative estimate of drug-likeness (QED) is 0.173. The van der Waals surface area contributed by atoms with E-state index in [-0.39, 0.29) is 12.4 Å². The smallest absolute Gasteiger partial charge is 0.165 e. The first-order valence-corrected chi connectivity index (χ1v) is 14.3. The lowest BCUT2D eigenvalue weighted by molar-refractivity contribution is -0.225. The lowest BCUT2D eigenvalue weighted by Gasteiger charge is -2.43. The minimum atomic E-state index is -0.704. The van der Waals surface area contributed by atoms with E-state index < -0.39 is 24.4 Å². The van der Waals surface area contributed by atoms with Crippen LogP contribution in [0.1, 0.15) is 29.2 Å². The van der Waals surface area contributed by atoms with Gasteiger partial charge < -0.3 is 28.8 Å². The predicted octanol–water partition coefficient (Wildman–Crippen LogP) is 7.15. The summed E-state index contributed by atoms with van der Waals surface area (Å²) >= 11 is 0. The van der Waals surface area contributed by atoms with Crippen molar-refractivity contribution in [2.45, 2.75) is 57.8 Å². The number of benzene rings is 4. The maximum Gasteiger partial charge on any atom is 0.165 e. The van der Waals surface area contributed by atoms with Crippen molar-refractivity contribution < 1.29 is 28.8 Å². The van der Waals surface area contributed by atoms with Crippen LogP contribution >= 0.6 is 0 Å². The summed E-state index contributed by atoms with van der Waals surface area (Å²) in [6, 6.07) is 39.9. The molecule has 1 aliphatic rings. The van der Waals surface area contributed by atoms with Crippen LogP contribution in [0.2, 0.25) is 0 Å². The van der Waals surface area contributed by atoms with Crippen molar-refractivity contribution in [3.05, 3.63) is 155 Å². The van der Waals surface area contributed by atoms with Crippen molar-refractivity contribution in [2.24, 2.45) is 0 Å². The fourth-order valence-electron chi connectivity index (χ4n) is 4.97. The summed E-state index contributed by atoms with van der Waals surface area (Å²) in [6.07, 6.45) is -2.39. The van der Waals surface area contributed by atoms with Crippen LogP contribution in [0, 0.1) is 0 Å². The van der Waals surface area contributed by atoms with Crippen molar-refractivity contribution in [3.8, 4) is 0 Å². The molecule has 42 heavy (non-hydrogen) atoms. The number of allylic oxidation sites excluding steroid dienone is 1. The first-order chi connectivity index (χ1) is 20.7. The molecule has 0 bridgehead atoms. The van der Waals surface area contributed by atoms with E-state index in [9.17, 15) is 5.11 Å². The Labute approximate surface area is 248 Å². The molecule has 6 nitrogen and oxygen atoms in total. The third kappa shape index (κ3) is 8.30. The Morgan fingerprint density at radius 2 is 0.976 bits per heavy atom. The Morgan fingerprint density at radius 3 is 1.43 bits per heavy atom. The van der Waals surface area contributed by atoms with Crippen molar-refractivity contribution in [1.29, 1.82) is 0 Å². The summed E-state index contributed by atoms with van der Waals surface area (Å²) in [7, 11) is 0. The van der Waals surface area contributed by atoms with Crippen LogP contribution in [-0.2, 0) is 50.1 Å². The van der Waals surface area contributed by atoms with Crippen LogP contribution in [-0.4, -0.2) is 36.1 Å². The van der Waals surface area contributed by atoms with Gasteiger partial charge >= 0.3 is 0 Å². The minimum Gasteiger partial charge on any atom is -0.509 e. The highest BCUT2D eigenvalue weighted by Gasteiger charge is 2.47. The molecule has 0 spiro atoms. The van der Waals surface area contributed by atoms with Gasteiger partial charge in [-0.2, -0.15) is 0 Å². The largest absolute Gasteiger partial charge is 0.509 e. The monoisotopic (exact) mass is 566 g/mol. The van der Waals surface area contributed by atoms with Crippen LogP contribution in [0.5, 0.6) is 0 Å². The fourth-order valence-corrected chi connectivity index (χ4v) is 4.97. The van der Waals surface area contributed by atoms with Gasteiger partial charge in [-0.1, -0.05) is 121 Å². The number of hydrogen-bond acceptors (Lipinski definition) is 6. The van der Waals surface area contributed by atoms with E-state index in [4.69, 9.17) is 23.7 Å². The van der Waals surface area contributed by atoms with Crippen molar-refractivity contribution in [2.75, 3.05) is 6.61 Å². The van der Waals surface area contributed by atoms with Gasteiger partial charge in [-0.25, -0.2) is 0 Å². The molecule has 1 fully saturated rings. The predicted molar refractivity (Wildman–Crippen MR) is 161 cm³/mol. The normalized spacial score (nSPS) is 21.5. The van der Waals surface area contributed by atoms with Gasteiger partial charge in [0.15, 0.2) is 11.9 Å². The number of aliphatic hydroxyl groups is 1. The van der Waals surface area contributed by atoms with Crippen molar-refractivity contribution >= 4 is 0 Å². The molecule has 0 radical (unpaired) electrons. The Balaban J connectivity index is 1.42. The highest BCUT2D eigenvalue weighted by Crippen LogP contribution is 2.34. The zero-order valence-electron chi connectivity index (χ0n) is 23.9. The molecule has 6 heteroatoms. The molecule has 1 N–H and O–H groups in total.